The number of aromatic amines is 1. The zero-order valence-electron chi connectivity index (χ0n) is 15.4. The van der Waals surface area contributed by atoms with Crippen LogP contribution in [0.15, 0.2) is 91.1 Å². The molecule has 0 unspecified atom stereocenters. The van der Waals surface area contributed by atoms with Gasteiger partial charge in [0.25, 0.3) is 0 Å². The molecule has 0 saturated carbocycles. The lowest BCUT2D eigenvalue weighted by atomic mass is 10.0. The van der Waals surface area contributed by atoms with Gasteiger partial charge in [0.1, 0.15) is 11.5 Å². The molecule has 0 spiro atoms. The summed E-state index contributed by atoms with van der Waals surface area (Å²) in [7, 11) is 0. The fourth-order valence-corrected chi connectivity index (χ4v) is 3.19. The molecule has 6 nitrogen and oxygen atoms in total. The second-order valence-corrected chi connectivity index (χ2v) is 6.48. The molecule has 3 aromatic carbocycles. The highest BCUT2D eigenvalue weighted by Gasteiger charge is 2.11. The van der Waals surface area contributed by atoms with E-state index < -0.39 is 0 Å². The lowest BCUT2D eigenvalue weighted by Crippen LogP contribution is -1.94. The number of nitrogens with zero attached hydrogens (tertiary/aromatic N) is 3. The van der Waals surface area contributed by atoms with Crippen molar-refractivity contribution < 1.29 is 4.74 Å². The van der Waals surface area contributed by atoms with Crippen LogP contribution in [0.2, 0.25) is 0 Å². The number of hydrogen-bond acceptors (Lipinski definition) is 5. The Balaban J connectivity index is 1.49. The summed E-state index contributed by atoms with van der Waals surface area (Å²) in [5, 5.41) is 19.5. The number of hydrogen-bond donors (Lipinski definition) is 2. The smallest absolute Gasteiger partial charge is 0.180 e. The molecule has 0 atom stereocenters. The minimum atomic E-state index is 0.644. The molecule has 6 heteroatoms. The van der Waals surface area contributed by atoms with E-state index in [0.29, 0.717) is 11.5 Å². The average molecular weight is 379 g/mol. The van der Waals surface area contributed by atoms with Gasteiger partial charge in [0, 0.05) is 11.3 Å². The van der Waals surface area contributed by atoms with Gasteiger partial charge >= 0.3 is 0 Å². The summed E-state index contributed by atoms with van der Waals surface area (Å²) in [6, 6.07) is 27.8. The van der Waals surface area contributed by atoms with Crippen molar-refractivity contribution in [2.45, 2.75) is 0 Å². The maximum absolute atomic E-state index is 5.99. The number of ether oxygens (including phenoxy) is 1. The highest BCUT2D eigenvalue weighted by atomic mass is 16.5. The van der Waals surface area contributed by atoms with Gasteiger partial charge in [0.2, 0.25) is 0 Å². The quantitative estimate of drug-likeness (QED) is 0.418. The lowest BCUT2D eigenvalue weighted by molar-refractivity contribution is 0.483. The largest absolute Gasteiger partial charge is 0.457 e. The number of fused-ring (bicyclic) bond motifs is 1. The zero-order valence-corrected chi connectivity index (χ0v) is 15.4. The van der Waals surface area contributed by atoms with Crippen molar-refractivity contribution in [2.75, 3.05) is 5.32 Å². The van der Waals surface area contributed by atoms with Gasteiger partial charge in [0.15, 0.2) is 11.5 Å². The first-order valence-electron chi connectivity index (χ1n) is 9.22. The molecule has 29 heavy (non-hydrogen) atoms. The van der Waals surface area contributed by atoms with E-state index in [1.165, 1.54) is 0 Å². The van der Waals surface area contributed by atoms with Crippen molar-refractivity contribution in [1.82, 2.24) is 20.4 Å². The predicted octanol–water partition coefficient (Wildman–Crippen LogP) is 5.56. The number of anilines is 2. The Kier molecular flexibility index (Phi) is 4.35. The van der Waals surface area contributed by atoms with E-state index in [4.69, 9.17) is 4.74 Å². The van der Waals surface area contributed by atoms with E-state index in [1.807, 2.05) is 72.8 Å². The number of benzene rings is 3. The Labute approximate surface area is 167 Å². The number of rotatable bonds is 5. The average Bonchev–Trinajstić information content (AvgIpc) is 3.18. The Morgan fingerprint density at radius 3 is 2.55 bits per heavy atom. The van der Waals surface area contributed by atoms with Gasteiger partial charge in [-0.2, -0.15) is 10.2 Å². The van der Waals surface area contributed by atoms with Crippen LogP contribution in [-0.4, -0.2) is 20.4 Å². The molecule has 2 aromatic heterocycles. The van der Waals surface area contributed by atoms with Gasteiger partial charge in [-0.1, -0.05) is 48.5 Å². The van der Waals surface area contributed by atoms with E-state index in [9.17, 15) is 0 Å². The molecule has 0 aliphatic carbocycles. The third kappa shape index (κ3) is 3.51. The molecule has 140 valence electrons. The fourth-order valence-electron chi connectivity index (χ4n) is 3.19. The molecule has 0 aliphatic rings. The third-order valence-electron chi connectivity index (χ3n) is 4.55. The lowest BCUT2D eigenvalue weighted by Gasteiger charge is -2.12. The Bertz CT molecular complexity index is 1270. The molecule has 5 rings (SSSR count). The van der Waals surface area contributed by atoms with Crippen molar-refractivity contribution in [2.24, 2.45) is 0 Å². The van der Waals surface area contributed by atoms with E-state index in [2.05, 4.69) is 37.8 Å². The number of nitrogens with one attached hydrogen (secondary N) is 2. The van der Waals surface area contributed by atoms with Crippen molar-refractivity contribution in [3.05, 3.63) is 91.1 Å². The summed E-state index contributed by atoms with van der Waals surface area (Å²) in [6.07, 6.45) is 1.65. The summed E-state index contributed by atoms with van der Waals surface area (Å²) in [5.74, 6) is 2.29. The Hall–Kier alpha value is -4.19. The predicted molar refractivity (Wildman–Crippen MR) is 113 cm³/mol. The second kappa shape index (κ2) is 7.44. The molecule has 2 N–H and O–H groups in total. The van der Waals surface area contributed by atoms with Crippen molar-refractivity contribution in [1.29, 1.82) is 0 Å². The van der Waals surface area contributed by atoms with Crippen LogP contribution >= 0.6 is 0 Å². The van der Waals surface area contributed by atoms with Gasteiger partial charge in [0.05, 0.1) is 11.6 Å². The van der Waals surface area contributed by atoms with E-state index >= 15 is 0 Å². The molecule has 0 bridgehead atoms. The van der Waals surface area contributed by atoms with Gasteiger partial charge in [-0.25, -0.2) is 0 Å². The van der Waals surface area contributed by atoms with Crippen LogP contribution in [0.3, 0.4) is 0 Å². The topological polar surface area (TPSA) is 75.7 Å². The van der Waals surface area contributed by atoms with Crippen LogP contribution in [0.1, 0.15) is 0 Å². The maximum atomic E-state index is 5.99. The minimum absolute atomic E-state index is 0.644. The zero-order chi connectivity index (χ0) is 19.5. The fraction of sp³-hybridized carbons (Fsp3) is 0. The SMILES string of the molecule is c1ccc(Oc2cccc(-c3ccccc3Nc3n[nH]c4nnccc34)c2)cc1. The molecular formula is C23H17N5O. The number of H-pyrrole nitrogens is 1. The minimum Gasteiger partial charge on any atom is -0.457 e. The van der Waals surface area contributed by atoms with Crippen molar-refractivity contribution >= 4 is 22.5 Å². The highest BCUT2D eigenvalue weighted by Crippen LogP contribution is 2.34. The molecular weight excluding hydrogens is 362 g/mol. The first-order valence-corrected chi connectivity index (χ1v) is 9.22. The van der Waals surface area contributed by atoms with Crippen molar-refractivity contribution in [3.63, 3.8) is 0 Å². The van der Waals surface area contributed by atoms with Gasteiger partial charge in [-0.15, -0.1) is 5.10 Å². The molecule has 0 amide bonds. The molecule has 0 radical (unpaired) electrons. The summed E-state index contributed by atoms with van der Waals surface area (Å²) >= 11 is 0. The monoisotopic (exact) mass is 379 g/mol. The van der Waals surface area contributed by atoms with Crippen molar-refractivity contribution in [3.8, 4) is 22.6 Å². The molecule has 0 saturated heterocycles. The Morgan fingerprint density at radius 2 is 1.62 bits per heavy atom. The number of aromatic nitrogens is 4. The molecule has 5 aromatic rings. The normalized spacial score (nSPS) is 10.8. The van der Waals surface area contributed by atoms with E-state index in [1.54, 1.807) is 6.20 Å². The van der Waals surface area contributed by atoms with Crippen LogP contribution in [-0.2, 0) is 0 Å². The second-order valence-electron chi connectivity index (χ2n) is 6.48. The Morgan fingerprint density at radius 1 is 0.793 bits per heavy atom. The summed E-state index contributed by atoms with van der Waals surface area (Å²) in [6.45, 7) is 0. The summed E-state index contributed by atoms with van der Waals surface area (Å²) < 4.78 is 5.99. The third-order valence-corrected chi connectivity index (χ3v) is 4.55. The van der Waals surface area contributed by atoms with Gasteiger partial charge < -0.3 is 10.1 Å². The van der Waals surface area contributed by atoms with E-state index in [0.717, 1.165) is 33.7 Å². The van der Waals surface area contributed by atoms with E-state index in [-0.39, 0.29) is 0 Å². The van der Waals surface area contributed by atoms with Crippen LogP contribution < -0.4 is 10.1 Å². The number of para-hydroxylation sites is 2. The van der Waals surface area contributed by atoms with Gasteiger partial charge in [-0.05, 0) is 42.0 Å². The molecule has 2 heterocycles. The summed E-state index contributed by atoms with van der Waals surface area (Å²) in [5.41, 5.74) is 3.67. The van der Waals surface area contributed by atoms with Gasteiger partial charge in [-0.3, -0.25) is 5.10 Å². The van der Waals surface area contributed by atoms with Crippen LogP contribution in [0, 0.1) is 0 Å². The van der Waals surface area contributed by atoms with Crippen LogP contribution in [0.25, 0.3) is 22.2 Å². The summed E-state index contributed by atoms with van der Waals surface area (Å²) in [4.78, 5) is 0. The first kappa shape index (κ1) is 16.9. The highest BCUT2D eigenvalue weighted by molar-refractivity contribution is 5.91. The molecule has 0 fully saturated rings. The van der Waals surface area contributed by atoms with Crippen LogP contribution in [0.4, 0.5) is 11.5 Å². The molecule has 0 aliphatic heterocycles. The standard InChI is InChI=1S/C23H17N5O/c1-2-8-17(9-3-1)29-18-10-6-7-16(15-18)19-11-4-5-12-21(19)25-22-20-13-14-24-26-23(20)28-27-22/h1-15H,(H2,25,26,27,28). The maximum Gasteiger partial charge on any atom is 0.180 e. The van der Waals surface area contributed by atoms with Crippen LogP contribution in [0.5, 0.6) is 11.5 Å². The first-order chi connectivity index (χ1) is 14.4.